The maximum Gasteiger partial charge on any atom is 0.248 e. The first-order chi connectivity index (χ1) is 16.4. The van der Waals surface area contributed by atoms with E-state index in [1.54, 1.807) is 42.5 Å². The third-order valence-corrected chi connectivity index (χ3v) is 7.33. The van der Waals surface area contributed by atoms with Gasteiger partial charge in [0.1, 0.15) is 6.04 Å². The van der Waals surface area contributed by atoms with Gasteiger partial charge in [-0.25, -0.2) is 0 Å². The third-order valence-electron chi connectivity index (χ3n) is 6.11. The predicted octanol–water partition coefficient (Wildman–Crippen LogP) is 5.98. The van der Waals surface area contributed by atoms with Gasteiger partial charge in [0.2, 0.25) is 11.8 Å². The van der Waals surface area contributed by atoms with Gasteiger partial charge in [-0.05, 0) is 49.4 Å². The second-order valence-electron chi connectivity index (χ2n) is 8.54. The van der Waals surface area contributed by atoms with Crippen molar-refractivity contribution >= 4 is 46.2 Å². The molecule has 4 rings (SSSR count). The summed E-state index contributed by atoms with van der Waals surface area (Å²) in [6.45, 7) is 1.48. The van der Waals surface area contributed by atoms with Crippen LogP contribution < -0.4 is 10.2 Å². The number of amides is 2. The van der Waals surface area contributed by atoms with Crippen LogP contribution in [-0.4, -0.2) is 23.6 Å². The molecule has 1 aromatic heterocycles. The molecule has 5 nitrogen and oxygen atoms in total. The van der Waals surface area contributed by atoms with Crippen molar-refractivity contribution in [1.82, 2.24) is 5.32 Å². The summed E-state index contributed by atoms with van der Waals surface area (Å²) in [4.78, 5) is 42.0. The highest BCUT2D eigenvalue weighted by Gasteiger charge is 2.35. The summed E-state index contributed by atoms with van der Waals surface area (Å²) < 4.78 is 0. The van der Waals surface area contributed by atoms with Crippen molar-refractivity contribution in [2.45, 2.75) is 51.1 Å². The standard InChI is InChI=1S/C27H27ClN2O3S/c1-18(31)19-8-6-11-21(16-19)30(25(32)17-22-12-7-15-34-22)26(23-13-4-5-14-24(23)28)27(33)29-20-9-2-3-10-20/h4-8,11-16,20,26H,2-3,9-10,17H2,1H3,(H,29,33)/t26-/m0/s1. The Hall–Kier alpha value is -2.96. The fourth-order valence-corrected chi connectivity index (χ4v) is 5.34. The molecule has 1 fully saturated rings. The lowest BCUT2D eigenvalue weighted by Crippen LogP contribution is -2.47. The zero-order valence-corrected chi connectivity index (χ0v) is 20.6. The van der Waals surface area contributed by atoms with Crippen LogP contribution in [0.5, 0.6) is 0 Å². The van der Waals surface area contributed by atoms with Gasteiger partial charge < -0.3 is 5.32 Å². The number of carbonyl (C=O) groups excluding carboxylic acids is 3. The van der Waals surface area contributed by atoms with E-state index >= 15 is 0 Å². The minimum absolute atomic E-state index is 0.0790. The number of rotatable bonds is 8. The lowest BCUT2D eigenvalue weighted by atomic mass is 10.0. The molecule has 0 saturated heterocycles. The molecular formula is C27H27ClN2O3S. The van der Waals surface area contributed by atoms with Crippen LogP contribution >= 0.6 is 22.9 Å². The summed E-state index contributed by atoms with van der Waals surface area (Å²) in [5, 5.41) is 5.48. The lowest BCUT2D eigenvalue weighted by molar-refractivity contribution is -0.127. The van der Waals surface area contributed by atoms with Crippen LogP contribution in [0.15, 0.2) is 66.0 Å². The molecule has 2 amide bonds. The van der Waals surface area contributed by atoms with E-state index in [2.05, 4.69) is 5.32 Å². The van der Waals surface area contributed by atoms with E-state index in [0.29, 0.717) is 21.8 Å². The van der Waals surface area contributed by atoms with Crippen LogP contribution in [0.4, 0.5) is 5.69 Å². The number of halogens is 1. The normalized spacial score (nSPS) is 14.5. The van der Waals surface area contributed by atoms with Crippen LogP contribution in [-0.2, 0) is 16.0 Å². The number of nitrogens with one attached hydrogen (secondary N) is 1. The van der Waals surface area contributed by atoms with Gasteiger partial charge in [-0.3, -0.25) is 19.3 Å². The maximum absolute atomic E-state index is 13.8. The Morgan fingerprint density at radius 1 is 1.06 bits per heavy atom. The molecule has 0 bridgehead atoms. The van der Waals surface area contributed by atoms with E-state index in [4.69, 9.17) is 11.6 Å². The van der Waals surface area contributed by atoms with Crippen molar-refractivity contribution in [3.63, 3.8) is 0 Å². The molecule has 2 aromatic carbocycles. The number of anilines is 1. The summed E-state index contributed by atoms with van der Waals surface area (Å²) in [6, 6.07) is 16.9. The second kappa shape index (κ2) is 11.0. The van der Waals surface area contributed by atoms with Crippen LogP contribution in [0.25, 0.3) is 0 Å². The molecule has 0 unspecified atom stereocenters. The molecule has 1 saturated carbocycles. The van der Waals surface area contributed by atoms with E-state index in [-0.39, 0.29) is 30.1 Å². The highest BCUT2D eigenvalue weighted by molar-refractivity contribution is 7.10. The first kappa shape index (κ1) is 24.2. The zero-order valence-electron chi connectivity index (χ0n) is 19.0. The molecule has 34 heavy (non-hydrogen) atoms. The van der Waals surface area contributed by atoms with Gasteiger partial charge in [0, 0.05) is 32.8 Å². The van der Waals surface area contributed by atoms with E-state index in [0.717, 1.165) is 30.6 Å². The van der Waals surface area contributed by atoms with Gasteiger partial charge in [0.15, 0.2) is 5.78 Å². The van der Waals surface area contributed by atoms with Gasteiger partial charge in [-0.15, -0.1) is 11.3 Å². The number of Topliss-reactive ketones (excluding diaryl/α,β-unsaturated/α-hetero) is 1. The molecule has 1 N–H and O–H groups in total. The van der Waals surface area contributed by atoms with E-state index in [1.165, 1.54) is 23.2 Å². The second-order valence-corrected chi connectivity index (χ2v) is 9.98. The summed E-state index contributed by atoms with van der Waals surface area (Å²) in [5.74, 6) is -0.625. The first-order valence-electron chi connectivity index (χ1n) is 11.4. The Kier molecular flexibility index (Phi) is 7.80. The summed E-state index contributed by atoms with van der Waals surface area (Å²) >= 11 is 8.06. The topological polar surface area (TPSA) is 66.5 Å². The fraction of sp³-hybridized carbons (Fsp3) is 0.296. The van der Waals surface area contributed by atoms with Crippen molar-refractivity contribution in [3.05, 3.63) is 87.1 Å². The highest BCUT2D eigenvalue weighted by atomic mass is 35.5. The Balaban J connectivity index is 1.81. The smallest absolute Gasteiger partial charge is 0.248 e. The van der Waals surface area contributed by atoms with Gasteiger partial charge in [-0.2, -0.15) is 0 Å². The van der Waals surface area contributed by atoms with Crippen LogP contribution in [0, 0.1) is 0 Å². The van der Waals surface area contributed by atoms with Crippen molar-refractivity contribution in [2.75, 3.05) is 4.90 Å². The predicted molar refractivity (Wildman–Crippen MR) is 137 cm³/mol. The molecule has 1 heterocycles. The number of carbonyl (C=O) groups is 3. The van der Waals surface area contributed by atoms with Crippen molar-refractivity contribution in [2.24, 2.45) is 0 Å². The van der Waals surface area contributed by atoms with Crippen LogP contribution in [0.3, 0.4) is 0 Å². The quantitative estimate of drug-likeness (QED) is 0.392. The molecule has 1 aliphatic carbocycles. The van der Waals surface area contributed by atoms with Crippen molar-refractivity contribution in [3.8, 4) is 0 Å². The molecule has 0 aliphatic heterocycles. The summed E-state index contributed by atoms with van der Waals surface area (Å²) in [5.41, 5.74) is 1.51. The third kappa shape index (κ3) is 5.57. The monoisotopic (exact) mass is 494 g/mol. The molecule has 7 heteroatoms. The average molecular weight is 495 g/mol. The number of thiophene rings is 1. The minimum atomic E-state index is -0.969. The molecule has 176 valence electrons. The summed E-state index contributed by atoms with van der Waals surface area (Å²) in [7, 11) is 0. The molecule has 1 atom stereocenters. The average Bonchev–Trinajstić information content (AvgIpc) is 3.52. The van der Waals surface area contributed by atoms with Crippen LogP contribution in [0.2, 0.25) is 5.02 Å². The van der Waals surface area contributed by atoms with E-state index in [9.17, 15) is 14.4 Å². The summed E-state index contributed by atoms with van der Waals surface area (Å²) in [6.07, 6.45) is 4.13. The Morgan fingerprint density at radius 2 is 1.82 bits per heavy atom. The van der Waals surface area contributed by atoms with E-state index in [1.807, 2.05) is 23.6 Å². The zero-order chi connectivity index (χ0) is 24.1. The Labute approximate surface area is 208 Å². The molecule has 0 spiro atoms. The fourth-order valence-electron chi connectivity index (χ4n) is 4.40. The van der Waals surface area contributed by atoms with Gasteiger partial charge in [0.25, 0.3) is 0 Å². The largest absolute Gasteiger partial charge is 0.351 e. The molecule has 1 aliphatic rings. The SMILES string of the molecule is CC(=O)c1cccc(N(C(=O)Cc2cccs2)[C@H](C(=O)NC2CCCC2)c2ccccc2Cl)c1. The first-order valence-corrected chi connectivity index (χ1v) is 12.7. The number of hydrogen-bond donors (Lipinski definition) is 1. The highest BCUT2D eigenvalue weighted by Crippen LogP contribution is 2.34. The van der Waals surface area contributed by atoms with Crippen molar-refractivity contribution in [1.29, 1.82) is 0 Å². The van der Waals surface area contributed by atoms with Gasteiger partial charge in [-0.1, -0.05) is 60.8 Å². The lowest BCUT2D eigenvalue weighted by Gasteiger charge is -2.33. The van der Waals surface area contributed by atoms with Crippen LogP contribution in [0.1, 0.15) is 59.4 Å². The molecule has 0 radical (unpaired) electrons. The Bertz CT molecular complexity index is 1170. The number of benzene rings is 2. The Morgan fingerprint density at radius 3 is 2.50 bits per heavy atom. The van der Waals surface area contributed by atoms with Crippen molar-refractivity contribution < 1.29 is 14.4 Å². The number of ketones is 1. The van der Waals surface area contributed by atoms with Gasteiger partial charge in [0.05, 0.1) is 6.42 Å². The number of hydrogen-bond acceptors (Lipinski definition) is 4. The molecule has 3 aromatic rings. The maximum atomic E-state index is 13.8. The van der Waals surface area contributed by atoms with E-state index < -0.39 is 6.04 Å². The van der Waals surface area contributed by atoms with Gasteiger partial charge >= 0.3 is 0 Å². The number of nitrogens with zero attached hydrogens (tertiary/aromatic N) is 1. The molecular weight excluding hydrogens is 468 g/mol. The minimum Gasteiger partial charge on any atom is -0.351 e.